The van der Waals surface area contributed by atoms with Crippen molar-refractivity contribution in [1.29, 1.82) is 0 Å². The van der Waals surface area contributed by atoms with Crippen LogP contribution in [0.4, 0.5) is 4.39 Å². The molecule has 0 amide bonds. The minimum atomic E-state index is -2.43. The van der Waals surface area contributed by atoms with Crippen molar-refractivity contribution in [2.24, 2.45) is 0 Å². The fourth-order valence-electron chi connectivity index (χ4n) is 4.70. The molecule has 1 aromatic carbocycles. The Labute approximate surface area is 248 Å². The first-order chi connectivity index (χ1) is 18.8. The molecule has 0 aliphatic heterocycles. The lowest BCUT2D eigenvalue weighted by Gasteiger charge is -2.39. The lowest BCUT2D eigenvalue weighted by atomic mass is 9.87. The summed E-state index contributed by atoms with van der Waals surface area (Å²) in [6, 6.07) is 6.43. The van der Waals surface area contributed by atoms with Crippen molar-refractivity contribution in [2.45, 2.75) is 97.6 Å². The van der Waals surface area contributed by atoms with Gasteiger partial charge in [0.1, 0.15) is 5.82 Å². The van der Waals surface area contributed by atoms with Crippen molar-refractivity contribution in [1.82, 2.24) is 4.98 Å². The Kier molecular flexibility index (Phi) is 12.1. The maximum atomic E-state index is 13.9. The van der Waals surface area contributed by atoms with Crippen LogP contribution in [0.2, 0.25) is 18.1 Å². The third kappa shape index (κ3) is 9.81. The van der Waals surface area contributed by atoms with Crippen LogP contribution in [-0.4, -0.2) is 51.8 Å². The third-order valence-electron chi connectivity index (χ3n) is 7.69. The number of carbonyl (C=O) groups excluding carboxylic acids is 1. The number of halogens is 1. The van der Waals surface area contributed by atoms with E-state index < -0.39 is 21.6 Å². The van der Waals surface area contributed by atoms with Gasteiger partial charge in [0.25, 0.3) is 0 Å². The van der Waals surface area contributed by atoms with Crippen LogP contribution in [0.3, 0.4) is 0 Å². The van der Waals surface area contributed by atoms with Gasteiger partial charge in [0, 0.05) is 36.5 Å². The summed E-state index contributed by atoms with van der Waals surface area (Å²) in [6.07, 6.45) is 3.54. The number of hydrogen-bond acceptors (Lipinski definition) is 5. The summed E-state index contributed by atoms with van der Waals surface area (Å²) >= 11 is 0. The second-order valence-electron chi connectivity index (χ2n) is 13.7. The second-order valence-corrected chi connectivity index (χ2v) is 21.9. The average Bonchev–Trinajstić information content (AvgIpc) is 2.81. The summed E-state index contributed by atoms with van der Waals surface area (Å²) in [5, 5.41) is -0.0343. The molecule has 1 heterocycles. The van der Waals surface area contributed by atoms with E-state index in [9.17, 15) is 13.8 Å². The summed E-state index contributed by atoms with van der Waals surface area (Å²) in [5.41, 5.74) is 5.31. The first kappa shape index (κ1) is 35.3. The van der Waals surface area contributed by atoms with Gasteiger partial charge in [-0.15, -0.1) is 0 Å². The Hall–Kier alpha value is -1.92. The Morgan fingerprint density at radius 3 is 2.07 bits per heavy atom. The number of benzene rings is 1. The SMILES string of the molecule is COCc1c(C(C)C)nc(C(C)C)c(/C=C/C(=O)CC(CP(C)(C)=O)O[Si](C)(C)C(C)(C)C)c1-c1ccc(F)cc1. The fourth-order valence-corrected chi connectivity index (χ4v) is 7.37. The minimum absolute atomic E-state index is 0.0343. The number of carbonyl (C=O) groups is 1. The lowest BCUT2D eigenvalue weighted by Crippen LogP contribution is -2.45. The van der Waals surface area contributed by atoms with Gasteiger partial charge in [0.05, 0.1) is 25.5 Å². The Balaban J connectivity index is 2.66. The first-order valence-corrected chi connectivity index (χ1v) is 20.2. The molecule has 0 bridgehead atoms. The summed E-state index contributed by atoms with van der Waals surface area (Å²) in [6.45, 7) is 23.0. The number of rotatable bonds is 13. The molecule has 2 aromatic rings. The maximum Gasteiger partial charge on any atom is 0.192 e. The lowest BCUT2D eigenvalue weighted by molar-refractivity contribution is -0.115. The number of pyridine rings is 1. The number of methoxy groups -OCH3 is 1. The molecule has 1 aromatic heterocycles. The zero-order valence-electron chi connectivity index (χ0n) is 27.2. The van der Waals surface area contributed by atoms with E-state index in [0.29, 0.717) is 12.8 Å². The number of ether oxygens (including phenoxy) is 1. The topological polar surface area (TPSA) is 65.5 Å². The summed E-state index contributed by atoms with van der Waals surface area (Å²) in [4.78, 5) is 18.6. The van der Waals surface area contributed by atoms with Crippen molar-refractivity contribution in [3.8, 4) is 11.1 Å². The van der Waals surface area contributed by atoms with Crippen molar-refractivity contribution in [3.63, 3.8) is 0 Å². The van der Waals surface area contributed by atoms with Gasteiger partial charge >= 0.3 is 0 Å². The van der Waals surface area contributed by atoms with E-state index in [-0.39, 0.29) is 34.9 Å². The van der Waals surface area contributed by atoms with E-state index in [4.69, 9.17) is 14.1 Å². The van der Waals surface area contributed by atoms with Crippen molar-refractivity contribution in [3.05, 3.63) is 58.7 Å². The van der Waals surface area contributed by atoms with Crippen molar-refractivity contribution >= 4 is 27.3 Å². The van der Waals surface area contributed by atoms with Crippen LogP contribution in [0.25, 0.3) is 17.2 Å². The van der Waals surface area contributed by atoms with Gasteiger partial charge in [-0.2, -0.15) is 0 Å². The number of aromatic nitrogens is 1. The van der Waals surface area contributed by atoms with E-state index in [2.05, 4.69) is 61.6 Å². The quantitative estimate of drug-likeness (QED) is 0.130. The predicted molar refractivity (Wildman–Crippen MR) is 174 cm³/mol. The highest BCUT2D eigenvalue weighted by Crippen LogP contribution is 2.42. The fraction of sp³-hybridized carbons (Fsp3) is 0.576. The predicted octanol–water partition coefficient (Wildman–Crippen LogP) is 9.27. The van der Waals surface area contributed by atoms with Gasteiger partial charge in [-0.3, -0.25) is 9.78 Å². The molecular formula is C33H51FNO4PSi. The van der Waals surface area contributed by atoms with Crippen LogP contribution >= 0.6 is 7.14 Å². The number of nitrogens with zero attached hydrogens (tertiary/aromatic N) is 1. The molecule has 0 aliphatic carbocycles. The van der Waals surface area contributed by atoms with Crippen LogP contribution in [0.1, 0.15) is 89.2 Å². The molecule has 5 nitrogen and oxygen atoms in total. The van der Waals surface area contributed by atoms with Crippen LogP contribution in [-0.2, 0) is 25.1 Å². The van der Waals surface area contributed by atoms with Crippen LogP contribution in [0.15, 0.2) is 30.3 Å². The number of hydrogen-bond donors (Lipinski definition) is 0. The first-order valence-electron chi connectivity index (χ1n) is 14.5. The van der Waals surface area contributed by atoms with E-state index in [1.54, 1.807) is 38.6 Å². The van der Waals surface area contributed by atoms with Gasteiger partial charge < -0.3 is 13.7 Å². The Morgan fingerprint density at radius 2 is 1.61 bits per heavy atom. The maximum absolute atomic E-state index is 13.9. The van der Waals surface area contributed by atoms with Gasteiger partial charge in [-0.1, -0.05) is 60.6 Å². The molecular weight excluding hydrogens is 552 g/mol. The molecule has 0 aliphatic rings. The summed E-state index contributed by atoms with van der Waals surface area (Å²) in [7, 11) is -2.97. The molecule has 41 heavy (non-hydrogen) atoms. The average molecular weight is 604 g/mol. The second kappa shape index (κ2) is 14.0. The van der Waals surface area contributed by atoms with E-state index >= 15 is 0 Å². The van der Waals surface area contributed by atoms with Crippen molar-refractivity contribution < 1.29 is 22.9 Å². The highest BCUT2D eigenvalue weighted by molar-refractivity contribution is 7.62. The normalized spacial score (nSPS) is 13.9. The van der Waals surface area contributed by atoms with E-state index in [1.807, 2.05) is 6.08 Å². The Bertz CT molecular complexity index is 1270. The number of ketones is 1. The van der Waals surface area contributed by atoms with Crippen LogP contribution in [0, 0.1) is 5.82 Å². The van der Waals surface area contributed by atoms with E-state index in [1.165, 1.54) is 12.1 Å². The third-order valence-corrected chi connectivity index (χ3v) is 13.5. The molecule has 0 N–H and O–H groups in total. The van der Waals surface area contributed by atoms with Crippen LogP contribution < -0.4 is 0 Å². The minimum Gasteiger partial charge on any atom is -0.413 e. The molecule has 0 radical (unpaired) electrons. The van der Waals surface area contributed by atoms with Gasteiger partial charge in [-0.05, 0) is 78.7 Å². The highest BCUT2D eigenvalue weighted by Gasteiger charge is 2.40. The van der Waals surface area contributed by atoms with Gasteiger partial charge in [0.2, 0.25) is 0 Å². The summed E-state index contributed by atoms with van der Waals surface area (Å²) in [5.74, 6) is -0.182. The van der Waals surface area contributed by atoms with Crippen molar-refractivity contribution in [2.75, 3.05) is 26.6 Å². The molecule has 228 valence electrons. The molecule has 8 heteroatoms. The largest absolute Gasteiger partial charge is 0.413 e. The zero-order chi connectivity index (χ0) is 31.3. The molecule has 0 saturated heterocycles. The highest BCUT2D eigenvalue weighted by atomic mass is 31.2. The molecule has 0 fully saturated rings. The number of allylic oxidation sites excluding steroid dienone is 1. The molecule has 0 saturated carbocycles. The molecule has 2 rings (SSSR count). The van der Waals surface area contributed by atoms with Gasteiger partial charge in [-0.25, -0.2) is 4.39 Å². The van der Waals surface area contributed by atoms with Gasteiger partial charge in [0.15, 0.2) is 14.1 Å². The standard InChI is InChI=1S/C33H51FNO4PSi/c1-22(2)31-28(18-17-26(36)19-27(21-40(9,10)37)39-41(11,12)33(5,6)7)30(24-13-15-25(34)16-14-24)29(20-38-8)32(35-31)23(3)4/h13-18,22-23,27H,19-21H2,1-12H3/b18-17+. The zero-order valence-corrected chi connectivity index (χ0v) is 29.1. The van der Waals surface area contributed by atoms with E-state index in [0.717, 1.165) is 33.6 Å². The monoisotopic (exact) mass is 603 g/mol. The molecule has 1 atom stereocenters. The summed E-state index contributed by atoms with van der Waals surface area (Å²) < 4.78 is 39.0. The Morgan fingerprint density at radius 1 is 1.05 bits per heavy atom. The smallest absolute Gasteiger partial charge is 0.192 e. The molecule has 1 unspecified atom stereocenters. The molecule has 0 spiro atoms. The van der Waals surface area contributed by atoms with Crippen LogP contribution in [0.5, 0.6) is 0 Å².